The van der Waals surface area contributed by atoms with E-state index in [1.165, 1.54) is 12.1 Å². The first-order valence-corrected chi connectivity index (χ1v) is 17.2. The molecule has 1 N–H and O–H groups in total. The lowest BCUT2D eigenvalue weighted by molar-refractivity contribution is -0.164. The molecule has 0 spiro atoms. The maximum atomic E-state index is 14.9. The molecular formula is C35H25Br2Cl4NO4. The maximum Gasteiger partial charge on any atom is 0.327 e. The summed E-state index contributed by atoms with van der Waals surface area (Å²) in [6, 6.07) is 25.4. The Morgan fingerprint density at radius 1 is 0.848 bits per heavy atom. The molecule has 1 aliphatic carbocycles. The number of hydrogen-bond donors (Lipinski definition) is 1. The van der Waals surface area contributed by atoms with Crippen molar-refractivity contribution in [2.45, 2.75) is 30.8 Å². The van der Waals surface area contributed by atoms with Crippen LogP contribution < -0.4 is 0 Å². The largest absolute Gasteiger partial charge is 0.465 e. The van der Waals surface area contributed by atoms with E-state index < -0.39 is 40.5 Å². The number of ether oxygens (including phenoxy) is 1. The normalized spacial score (nSPS) is 24.2. The van der Waals surface area contributed by atoms with Gasteiger partial charge in [0, 0.05) is 26.3 Å². The van der Waals surface area contributed by atoms with E-state index in [0.717, 1.165) is 8.95 Å². The number of nitrogens with zero attached hydrogens (tertiary/aromatic N) is 1. The van der Waals surface area contributed by atoms with E-state index in [4.69, 9.17) is 51.1 Å². The van der Waals surface area contributed by atoms with Crippen LogP contribution in [0.4, 0.5) is 0 Å². The lowest BCUT2D eigenvalue weighted by atomic mass is 9.47. The molecule has 5 rings (SSSR count). The van der Waals surface area contributed by atoms with Gasteiger partial charge in [-0.05, 0) is 78.6 Å². The van der Waals surface area contributed by atoms with Crippen LogP contribution in [0, 0.1) is 22.7 Å². The quantitative estimate of drug-likeness (QED) is 0.148. The predicted molar refractivity (Wildman–Crippen MR) is 188 cm³/mol. The number of ketones is 1. The molecule has 5 nitrogen and oxygen atoms in total. The van der Waals surface area contributed by atoms with E-state index in [-0.39, 0.29) is 38.7 Å². The number of Topliss-reactive ketones (excluding diaryl/α,β-unsaturated/α-hetero) is 1. The molecule has 5 atom stereocenters. The lowest BCUT2D eigenvalue weighted by Crippen LogP contribution is -2.59. The summed E-state index contributed by atoms with van der Waals surface area (Å²) in [5.74, 6) is -5.03. The molecule has 1 aliphatic rings. The van der Waals surface area contributed by atoms with Crippen molar-refractivity contribution in [1.82, 2.24) is 0 Å². The van der Waals surface area contributed by atoms with Crippen molar-refractivity contribution in [3.05, 3.63) is 136 Å². The van der Waals surface area contributed by atoms with E-state index in [1.807, 2.05) is 0 Å². The van der Waals surface area contributed by atoms with Gasteiger partial charge in [0.2, 0.25) is 0 Å². The molecule has 11 heteroatoms. The monoisotopic (exact) mass is 821 g/mol. The number of hydrogen-bond acceptors (Lipinski definition) is 5. The summed E-state index contributed by atoms with van der Waals surface area (Å²) in [4.78, 5) is 29.3. The Morgan fingerprint density at radius 2 is 1.37 bits per heavy atom. The minimum Gasteiger partial charge on any atom is -0.465 e. The number of aliphatic hydroxyl groups is 1. The zero-order valence-electron chi connectivity index (χ0n) is 24.1. The van der Waals surface area contributed by atoms with Crippen LogP contribution in [-0.4, -0.2) is 23.5 Å². The summed E-state index contributed by atoms with van der Waals surface area (Å²) in [5, 5.41) is 25.2. The average Bonchev–Trinajstić information content (AvgIpc) is 3.03. The lowest BCUT2D eigenvalue weighted by Gasteiger charge is -2.54. The number of nitriles is 1. The van der Waals surface area contributed by atoms with E-state index in [0.29, 0.717) is 16.7 Å². The van der Waals surface area contributed by atoms with Gasteiger partial charge in [0.1, 0.15) is 5.60 Å². The van der Waals surface area contributed by atoms with Crippen molar-refractivity contribution >= 4 is 90.0 Å². The number of carbonyl (C=O) groups excluding carboxylic acids is 2. The van der Waals surface area contributed by atoms with Gasteiger partial charge in [-0.3, -0.25) is 9.59 Å². The topological polar surface area (TPSA) is 87.4 Å². The second-order valence-electron chi connectivity index (χ2n) is 11.1. The van der Waals surface area contributed by atoms with Gasteiger partial charge in [0.25, 0.3) is 0 Å². The molecule has 0 heterocycles. The third-order valence-electron chi connectivity index (χ3n) is 8.61. The number of benzene rings is 4. The standard InChI is InChI=1S/C35H25Br2Cl4NO4/c1-2-46-33(44)34(18-42)25(20-5-13-26(38)28(40)15-20)17-35(45,22-7-11-24(37)12-8-22)31(32(43)19-3-9-23(36)10-4-19)30(34)21-6-14-27(39)29(41)16-21/h3-16,25,30-31,45H,2,17H2,1H3/t25-,30-,31+,34-,35-/m1/s1. The maximum absolute atomic E-state index is 14.9. The minimum atomic E-state index is -2.05. The van der Waals surface area contributed by atoms with Crippen LogP contribution in [0.1, 0.15) is 52.2 Å². The summed E-state index contributed by atoms with van der Waals surface area (Å²) >= 11 is 32.5. The van der Waals surface area contributed by atoms with Crippen LogP contribution >= 0.6 is 78.3 Å². The molecule has 1 saturated carbocycles. The molecule has 0 amide bonds. The fraction of sp³-hybridized carbons (Fsp3) is 0.229. The summed E-state index contributed by atoms with van der Waals surface area (Å²) in [6.45, 7) is 1.60. The Morgan fingerprint density at radius 3 is 1.89 bits per heavy atom. The summed E-state index contributed by atoms with van der Waals surface area (Å²) < 4.78 is 7.14. The minimum absolute atomic E-state index is 0.0350. The first kappa shape index (κ1) is 34.9. The first-order chi connectivity index (χ1) is 21.9. The van der Waals surface area contributed by atoms with Crippen LogP contribution in [0.3, 0.4) is 0 Å². The third kappa shape index (κ3) is 6.26. The molecule has 0 radical (unpaired) electrons. The average molecular weight is 825 g/mol. The van der Waals surface area contributed by atoms with Gasteiger partial charge in [-0.2, -0.15) is 5.26 Å². The molecule has 0 unspecified atom stereocenters. The Hall–Kier alpha value is -2.41. The molecule has 46 heavy (non-hydrogen) atoms. The van der Waals surface area contributed by atoms with Crippen LogP contribution in [-0.2, 0) is 15.1 Å². The van der Waals surface area contributed by atoms with Gasteiger partial charge in [-0.25, -0.2) is 0 Å². The zero-order chi connectivity index (χ0) is 33.4. The number of rotatable bonds is 7. The van der Waals surface area contributed by atoms with E-state index in [9.17, 15) is 20.0 Å². The molecule has 4 aromatic carbocycles. The van der Waals surface area contributed by atoms with Gasteiger partial charge < -0.3 is 9.84 Å². The molecule has 0 saturated heterocycles. The van der Waals surface area contributed by atoms with Crippen LogP contribution in [0.2, 0.25) is 20.1 Å². The third-order valence-corrected chi connectivity index (χ3v) is 11.1. The van der Waals surface area contributed by atoms with Gasteiger partial charge in [-0.15, -0.1) is 0 Å². The zero-order valence-corrected chi connectivity index (χ0v) is 30.3. The smallest absolute Gasteiger partial charge is 0.327 e. The highest BCUT2D eigenvalue weighted by molar-refractivity contribution is 9.10. The number of esters is 1. The Bertz CT molecular complexity index is 1850. The van der Waals surface area contributed by atoms with Gasteiger partial charge in [0.05, 0.1) is 38.7 Å². The first-order valence-electron chi connectivity index (χ1n) is 14.1. The van der Waals surface area contributed by atoms with Crippen molar-refractivity contribution in [2.24, 2.45) is 11.3 Å². The van der Waals surface area contributed by atoms with E-state index >= 15 is 0 Å². The second kappa shape index (κ2) is 14.0. The summed E-state index contributed by atoms with van der Waals surface area (Å²) in [7, 11) is 0. The molecule has 236 valence electrons. The molecule has 0 bridgehead atoms. The predicted octanol–water partition coefficient (Wildman–Crippen LogP) is 10.6. The van der Waals surface area contributed by atoms with Gasteiger partial charge >= 0.3 is 5.97 Å². The van der Waals surface area contributed by atoms with E-state index in [1.54, 1.807) is 79.7 Å². The van der Waals surface area contributed by atoms with Gasteiger partial charge in [0.15, 0.2) is 11.2 Å². The van der Waals surface area contributed by atoms with Crippen LogP contribution in [0.25, 0.3) is 0 Å². The molecule has 0 aliphatic heterocycles. The fourth-order valence-electron chi connectivity index (χ4n) is 6.54. The van der Waals surface area contributed by atoms with Crippen LogP contribution in [0.5, 0.6) is 0 Å². The van der Waals surface area contributed by atoms with Crippen molar-refractivity contribution in [3.63, 3.8) is 0 Å². The van der Waals surface area contributed by atoms with Crippen molar-refractivity contribution < 1.29 is 19.4 Å². The SMILES string of the molecule is CCOC(=O)[C@]1(C#N)[C@@H](c2ccc(Cl)c(Cl)c2)C[C@@](O)(c2ccc(Br)cc2)[C@H](C(=O)c2ccc(Br)cc2)[C@H]1c1ccc(Cl)c(Cl)c1. The fourth-order valence-corrected chi connectivity index (χ4v) is 7.68. The second-order valence-corrected chi connectivity index (χ2v) is 14.5. The Labute approximate surface area is 303 Å². The molecule has 1 fully saturated rings. The Kier molecular flexibility index (Phi) is 10.6. The number of halogens is 6. The van der Waals surface area contributed by atoms with Crippen LogP contribution in [0.15, 0.2) is 93.9 Å². The Balaban J connectivity index is 1.93. The molecular weight excluding hydrogens is 800 g/mol. The summed E-state index contributed by atoms with van der Waals surface area (Å²) in [6.07, 6.45) is -0.219. The highest BCUT2D eigenvalue weighted by Crippen LogP contribution is 2.64. The van der Waals surface area contributed by atoms with Crippen molar-refractivity contribution in [1.29, 1.82) is 5.26 Å². The highest BCUT2D eigenvalue weighted by Gasteiger charge is 2.67. The van der Waals surface area contributed by atoms with Crippen molar-refractivity contribution in [2.75, 3.05) is 6.61 Å². The number of carbonyl (C=O) groups is 2. The van der Waals surface area contributed by atoms with Gasteiger partial charge in [-0.1, -0.05) is 115 Å². The van der Waals surface area contributed by atoms with E-state index in [2.05, 4.69) is 37.9 Å². The summed E-state index contributed by atoms with van der Waals surface area (Å²) in [5.41, 5.74) is -2.49. The highest BCUT2D eigenvalue weighted by atomic mass is 79.9. The molecule has 0 aromatic heterocycles. The molecule has 4 aromatic rings. The van der Waals surface area contributed by atoms with Crippen molar-refractivity contribution in [3.8, 4) is 6.07 Å².